The Kier molecular flexibility index (Phi) is 12.8. The second-order valence-corrected chi connectivity index (χ2v) is 5.39. The van der Waals surface area contributed by atoms with E-state index in [9.17, 15) is 66.7 Å². The zero-order valence-electron chi connectivity index (χ0n) is 15.4. The van der Waals surface area contributed by atoms with E-state index in [2.05, 4.69) is 13.2 Å². The number of halogens is 13. The molecule has 0 radical (unpaired) electrons. The van der Waals surface area contributed by atoms with Gasteiger partial charge in [0.25, 0.3) is 0 Å². The fourth-order valence-corrected chi connectivity index (χ4v) is 1.26. The van der Waals surface area contributed by atoms with Gasteiger partial charge in [-0.05, 0) is 0 Å². The number of aliphatic carboxylic acids is 2. The largest absolute Gasteiger partial charge is 0.476 e. The van der Waals surface area contributed by atoms with E-state index in [0.717, 1.165) is 0 Å². The number of carboxylic acid groups (broad SMARTS) is 2. The van der Waals surface area contributed by atoms with Gasteiger partial charge in [0.2, 0.25) is 11.7 Å². The third kappa shape index (κ3) is 9.44. The van der Waals surface area contributed by atoms with Crippen molar-refractivity contribution in [3.05, 3.63) is 24.8 Å². The Morgan fingerprint density at radius 2 is 0.970 bits per heavy atom. The summed E-state index contributed by atoms with van der Waals surface area (Å²) in [6.45, 7) is 3.31. The van der Waals surface area contributed by atoms with E-state index in [1.807, 2.05) is 0 Å². The molecule has 0 aromatic heterocycles. The summed E-state index contributed by atoms with van der Waals surface area (Å²) in [6, 6.07) is 0. The molecule has 0 aromatic rings. The van der Waals surface area contributed by atoms with Crippen LogP contribution >= 0.6 is 0 Å². The van der Waals surface area contributed by atoms with Crippen molar-refractivity contribution in [1.82, 2.24) is 0 Å². The minimum atomic E-state index is -7.54. The molecule has 33 heavy (non-hydrogen) atoms. The van der Waals surface area contributed by atoms with Crippen molar-refractivity contribution >= 4 is 11.9 Å². The molecule has 196 valence electrons. The summed E-state index contributed by atoms with van der Waals surface area (Å²) in [6.07, 6.45) is -20.3. The van der Waals surface area contributed by atoms with Gasteiger partial charge < -0.3 is 20.4 Å². The van der Waals surface area contributed by atoms with Gasteiger partial charge in [0.15, 0.2) is 0 Å². The maximum atomic E-state index is 13.0. The molecule has 1 atom stereocenters. The zero-order chi connectivity index (χ0) is 27.8. The Morgan fingerprint density at radius 3 is 1.12 bits per heavy atom. The molecule has 0 heterocycles. The molecule has 0 aliphatic heterocycles. The van der Waals surface area contributed by atoms with Gasteiger partial charge in [-0.1, -0.05) is 13.2 Å². The third-order valence-corrected chi connectivity index (χ3v) is 2.84. The molecule has 0 amide bonds. The molecule has 1 unspecified atom stereocenters. The first-order valence-corrected chi connectivity index (χ1v) is 7.26. The second-order valence-electron chi connectivity index (χ2n) is 5.39. The minimum absolute atomic E-state index is 1.32. The molecule has 0 aromatic carbocycles. The number of carboxylic acids is 2. The van der Waals surface area contributed by atoms with Crippen LogP contribution in [-0.2, 0) is 9.59 Å². The van der Waals surface area contributed by atoms with Crippen LogP contribution in [0.5, 0.6) is 0 Å². The van der Waals surface area contributed by atoms with Gasteiger partial charge in [-0.25, -0.2) is 14.0 Å². The highest BCUT2D eigenvalue weighted by molar-refractivity contribution is 5.83. The number of hydrogen-bond acceptors (Lipinski definition) is 4. The fraction of sp³-hybridized carbons (Fsp3) is 0.571. The maximum Gasteiger partial charge on any atom is 0.438 e. The molecule has 0 aliphatic carbocycles. The van der Waals surface area contributed by atoms with E-state index in [1.165, 1.54) is 0 Å². The van der Waals surface area contributed by atoms with Crippen molar-refractivity contribution in [2.75, 3.05) is 6.61 Å². The first kappa shape index (κ1) is 35.0. The van der Waals surface area contributed by atoms with Crippen molar-refractivity contribution in [3.8, 4) is 0 Å². The average Bonchev–Trinajstić information content (AvgIpc) is 2.58. The lowest BCUT2D eigenvalue weighted by Crippen LogP contribution is -2.70. The predicted molar refractivity (Wildman–Crippen MR) is 79.3 cm³/mol. The molecule has 0 saturated heterocycles. The van der Waals surface area contributed by atoms with Crippen molar-refractivity contribution in [3.63, 3.8) is 0 Å². The number of hydrogen-bond donors (Lipinski definition) is 4. The van der Waals surface area contributed by atoms with Crippen LogP contribution in [0.25, 0.3) is 0 Å². The Morgan fingerprint density at radius 1 is 0.727 bits per heavy atom. The molecule has 0 rings (SSSR count). The van der Waals surface area contributed by atoms with E-state index in [1.54, 1.807) is 0 Å². The first-order chi connectivity index (χ1) is 14.2. The highest BCUT2D eigenvalue weighted by atomic mass is 19.4. The van der Waals surface area contributed by atoms with E-state index >= 15 is 0 Å². The molecular formula is C14H13F13O6. The number of rotatable bonds is 7. The van der Waals surface area contributed by atoms with E-state index in [4.69, 9.17) is 20.4 Å². The van der Waals surface area contributed by atoms with E-state index < -0.39 is 72.6 Å². The standard InChI is InChI=1S/C8H7F11O2.2C3H3FO2/c9-4(10,1-3(21)2-20)6(12,13)5(11,7(14,15)16)8(17,18)19;2*1-2(4)3(5)6/h3,20-21H,1-2H2;2*1H2,(H,5,6). The lowest BCUT2D eigenvalue weighted by molar-refractivity contribution is -0.428. The summed E-state index contributed by atoms with van der Waals surface area (Å²) < 4.78 is 159. The molecule has 0 spiro atoms. The van der Waals surface area contributed by atoms with Crippen LogP contribution in [0, 0.1) is 0 Å². The topological polar surface area (TPSA) is 115 Å². The van der Waals surface area contributed by atoms with Crippen LogP contribution in [0.4, 0.5) is 57.1 Å². The van der Waals surface area contributed by atoms with Gasteiger partial charge in [0, 0.05) is 6.42 Å². The summed E-state index contributed by atoms with van der Waals surface area (Å²) in [5.74, 6) is -19.4. The van der Waals surface area contributed by atoms with Crippen LogP contribution in [-0.4, -0.2) is 74.9 Å². The molecule has 0 fully saturated rings. The summed E-state index contributed by atoms with van der Waals surface area (Å²) in [5, 5.41) is 31.6. The van der Waals surface area contributed by atoms with Gasteiger partial charge in [-0.3, -0.25) is 0 Å². The molecule has 0 saturated carbocycles. The molecule has 0 aliphatic rings. The zero-order valence-corrected chi connectivity index (χ0v) is 15.4. The predicted octanol–water partition coefficient (Wildman–Crippen LogP) is 3.94. The Hall–Kier alpha value is -2.57. The van der Waals surface area contributed by atoms with Crippen LogP contribution in [0.3, 0.4) is 0 Å². The Bertz CT molecular complexity index is 637. The number of aliphatic hydroxyl groups is 2. The SMILES string of the molecule is C=C(F)C(=O)O.C=C(F)C(=O)O.OCC(O)CC(F)(F)C(F)(F)C(F)(C(F)(F)F)C(F)(F)F. The highest BCUT2D eigenvalue weighted by Gasteiger charge is 2.89. The summed E-state index contributed by atoms with van der Waals surface area (Å²) in [7, 11) is 0. The Labute approximate surface area is 174 Å². The highest BCUT2D eigenvalue weighted by Crippen LogP contribution is 2.59. The first-order valence-electron chi connectivity index (χ1n) is 7.26. The van der Waals surface area contributed by atoms with Gasteiger partial charge in [-0.2, -0.15) is 52.7 Å². The van der Waals surface area contributed by atoms with Gasteiger partial charge in [0.1, 0.15) is 0 Å². The molecule has 4 N–H and O–H groups in total. The van der Waals surface area contributed by atoms with Gasteiger partial charge >= 0.3 is 41.8 Å². The lowest BCUT2D eigenvalue weighted by atomic mass is 9.88. The van der Waals surface area contributed by atoms with Gasteiger partial charge in [0.05, 0.1) is 12.7 Å². The lowest BCUT2D eigenvalue weighted by Gasteiger charge is -2.40. The summed E-state index contributed by atoms with van der Waals surface area (Å²) in [4.78, 5) is 18.4. The monoisotopic (exact) mass is 524 g/mol. The fourth-order valence-electron chi connectivity index (χ4n) is 1.26. The number of carbonyl (C=O) groups is 2. The van der Waals surface area contributed by atoms with Crippen molar-refractivity contribution in [1.29, 1.82) is 0 Å². The van der Waals surface area contributed by atoms with Crippen LogP contribution < -0.4 is 0 Å². The van der Waals surface area contributed by atoms with Crippen molar-refractivity contribution in [2.24, 2.45) is 0 Å². The van der Waals surface area contributed by atoms with E-state index in [-0.39, 0.29) is 0 Å². The van der Waals surface area contributed by atoms with E-state index in [0.29, 0.717) is 0 Å². The van der Waals surface area contributed by atoms with Crippen LogP contribution in [0.2, 0.25) is 0 Å². The Balaban J connectivity index is -0.000000611. The molecule has 0 bridgehead atoms. The third-order valence-electron chi connectivity index (χ3n) is 2.84. The average molecular weight is 524 g/mol. The molecular weight excluding hydrogens is 511 g/mol. The summed E-state index contributed by atoms with van der Waals surface area (Å²) >= 11 is 0. The maximum absolute atomic E-state index is 13.0. The molecule has 19 heteroatoms. The number of alkyl halides is 11. The normalized spacial score (nSPS) is 13.5. The van der Waals surface area contributed by atoms with Crippen molar-refractivity contribution < 1.29 is 87.1 Å². The minimum Gasteiger partial charge on any atom is -0.476 e. The number of aliphatic hydroxyl groups excluding tert-OH is 2. The van der Waals surface area contributed by atoms with Gasteiger partial charge in [-0.15, -0.1) is 0 Å². The van der Waals surface area contributed by atoms with Crippen molar-refractivity contribution in [2.45, 2.75) is 42.4 Å². The second kappa shape index (κ2) is 12.1. The smallest absolute Gasteiger partial charge is 0.438 e. The van der Waals surface area contributed by atoms with Crippen LogP contribution in [0.15, 0.2) is 24.8 Å². The van der Waals surface area contributed by atoms with Crippen LogP contribution in [0.1, 0.15) is 6.42 Å². The summed E-state index contributed by atoms with van der Waals surface area (Å²) in [5.41, 5.74) is -7.54. The quantitative estimate of drug-likeness (QED) is 0.297. The molecule has 6 nitrogen and oxygen atoms in total.